The number of aromatic nitrogens is 2. The van der Waals surface area contributed by atoms with E-state index in [4.69, 9.17) is 11.6 Å². The first-order chi connectivity index (χ1) is 9.00. The van der Waals surface area contributed by atoms with Crippen molar-refractivity contribution in [2.24, 2.45) is 0 Å². The van der Waals surface area contributed by atoms with Crippen molar-refractivity contribution in [3.05, 3.63) is 29.0 Å². The maximum Gasteiger partial charge on any atom is 0.185 e. The largest absolute Gasteiger partial charge is 0.389 e. The molecule has 0 aromatic carbocycles. The zero-order valence-corrected chi connectivity index (χ0v) is 11.7. The van der Waals surface area contributed by atoms with E-state index >= 15 is 0 Å². The molecule has 0 aliphatic rings. The summed E-state index contributed by atoms with van der Waals surface area (Å²) < 4.78 is 0. The minimum Gasteiger partial charge on any atom is -0.389 e. The Hall–Kier alpha value is -1.08. The van der Waals surface area contributed by atoms with E-state index < -0.39 is 12.2 Å². The fraction of sp³-hybridized carbons (Fsp3) is 0.333. The Kier molecular flexibility index (Phi) is 4.46. The number of nitrogens with one attached hydrogen (secondary N) is 1. The number of fused-ring (bicyclic) bond motifs is 1. The number of hydrogen-bond acceptors (Lipinski definition) is 5. The number of nitrogens with zero attached hydrogens (tertiary/aromatic N) is 1. The summed E-state index contributed by atoms with van der Waals surface area (Å²) >= 11 is 7.03. The molecule has 2 atom stereocenters. The lowest BCUT2D eigenvalue weighted by Crippen LogP contribution is -2.21. The van der Waals surface area contributed by atoms with Crippen molar-refractivity contribution < 1.29 is 15.0 Å². The van der Waals surface area contributed by atoms with Crippen LogP contribution in [0.5, 0.6) is 0 Å². The lowest BCUT2D eigenvalue weighted by molar-refractivity contribution is -0.109. The van der Waals surface area contributed by atoms with Crippen LogP contribution in [-0.2, 0) is 4.79 Å². The number of pyridine rings is 1. The Labute approximate surface area is 119 Å². The number of aliphatic hydroxyl groups excluding tert-OH is 2. The van der Waals surface area contributed by atoms with Gasteiger partial charge < -0.3 is 15.2 Å². The number of aromatic amines is 1. The molecule has 0 saturated heterocycles. The van der Waals surface area contributed by atoms with Gasteiger partial charge in [-0.1, -0.05) is 23.4 Å². The number of carbonyl (C=O) groups is 1. The van der Waals surface area contributed by atoms with Gasteiger partial charge in [-0.3, -0.25) is 4.79 Å². The highest BCUT2D eigenvalue weighted by atomic mass is 35.5. The highest BCUT2D eigenvalue weighted by molar-refractivity contribution is 8.13. The second-order valence-corrected chi connectivity index (χ2v) is 5.68. The van der Waals surface area contributed by atoms with Crippen molar-refractivity contribution in [3.8, 4) is 0 Å². The van der Waals surface area contributed by atoms with Crippen LogP contribution in [0.4, 0.5) is 0 Å². The summed E-state index contributed by atoms with van der Waals surface area (Å²) in [6, 6.07) is 1.62. The topological polar surface area (TPSA) is 86.2 Å². The standard InChI is InChI=1S/C12H13ClN2O3S/c1-6(16)19-5-9(17)11(18)7-4-15-12-10(7)8(13)2-3-14-12/h2-4,9,11,17-18H,5H2,1H3,(H,14,15). The Morgan fingerprint density at radius 2 is 2.32 bits per heavy atom. The monoisotopic (exact) mass is 300 g/mol. The Bertz CT molecular complexity index is 602. The van der Waals surface area contributed by atoms with Crippen molar-refractivity contribution in [2.45, 2.75) is 19.1 Å². The SMILES string of the molecule is CC(=O)SCC(O)C(O)c1c[nH]c2nccc(Cl)c12. The zero-order chi connectivity index (χ0) is 14.0. The molecule has 2 unspecified atom stereocenters. The van der Waals surface area contributed by atoms with Crippen LogP contribution >= 0.6 is 23.4 Å². The second-order valence-electron chi connectivity index (χ2n) is 4.08. The fourth-order valence-electron chi connectivity index (χ4n) is 1.77. The van der Waals surface area contributed by atoms with Crippen LogP contribution < -0.4 is 0 Å². The summed E-state index contributed by atoms with van der Waals surface area (Å²) in [6.45, 7) is 1.41. The van der Waals surface area contributed by atoms with Gasteiger partial charge in [0.1, 0.15) is 11.8 Å². The predicted octanol–water partition coefficient (Wildman–Crippen LogP) is 1.89. The van der Waals surface area contributed by atoms with E-state index in [1.54, 1.807) is 18.5 Å². The Morgan fingerprint density at radius 3 is 3.00 bits per heavy atom. The number of thioether (sulfide) groups is 1. The second kappa shape index (κ2) is 5.92. The molecule has 102 valence electrons. The molecule has 7 heteroatoms. The molecule has 0 bridgehead atoms. The molecule has 19 heavy (non-hydrogen) atoms. The molecule has 0 radical (unpaired) electrons. The van der Waals surface area contributed by atoms with Crippen LogP contribution in [0.15, 0.2) is 18.5 Å². The fourth-order valence-corrected chi connectivity index (χ4v) is 2.62. The molecule has 2 heterocycles. The average Bonchev–Trinajstić information content (AvgIpc) is 2.80. The molecule has 0 fully saturated rings. The summed E-state index contributed by atoms with van der Waals surface area (Å²) in [5.74, 6) is 0.126. The molecule has 2 aromatic heterocycles. The third-order valence-electron chi connectivity index (χ3n) is 2.69. The van der Waals surface area contributed by atoms with Gasteiger partial charge >= 0.3 is 0 Å². The van der Waals surface area contributed by atoms with E-state index in [0.717, 1.165) is 11.8 Å². The van der Waals surface area contributed by atoms with Gasteiger partial charge in [0.15, 0.2) is 5.12 Å². The number of aliphatic hydroxyl groups is 2. The van der Waals surface area contributed by atoms with E-state index in [0.29, 0.717) is 21.6 Å². The highest BCUT2D eigenvalue weighted by Gasteiger charge is 2.23. The molecule has 5 nitrogen and oxygen atoms in total. The summed E-state index contributed by atoms with van der Waals surface area (Å²) in [6.07, 6.45) is 0.946. The van der Waals surface area contributed by atoms with Crippen LogP contribution in [0.3, 0.4) is 0 Å². The van der Waals surface area contributed by atoms with Gasteiger partial charge in [0.2, 0.25) is 0 Å². The van der Waals surface area contributed by atoms with E-state index in [1.807, 2.05) is 0 Å². The minimum absolute atomic E-state index is 0.107. The number of halogens is 1. The lowest BCUT2D eigenvalue weighted by atomic mass is 10.1. The van der Waals surface area contributed by atoms with Crippen molar-refractivity contribution in [2.75, 3.05) is 5.75 Å². The minimum atomic E-state index is -1.12. The van der Waals surface area contributed by atoms with E-state index in [-0.39, 0.29) is 10.9 Å². The molecular formula is C12H13ClN2O3S. The molecule has 0 spiro atoms. The van der Waals surface area contributed by atoms with E-state index in [9.17, 15) is 15.0 Å². The first-order valence-electron chi connectivity index (χ1n) is 5.61. The highest BCUT2D eigenvalue weighted by Crippen LogP contribution is 2.31. The first-order valence-corrected chi connectivity index (χ1v) is 6.98. The van der Waals surface area contributed by atoms with Crippen LogP contribution in [0.2, 0.25) is 5.02 Å². The van der Waals surface area contributed by atoms with Crippen molar-refractivity contribution in [3.63, 3.8) is 0 Å². The van der Waals surface area contributed by atoms with E-state index in [2.05, 4.69) is 9.97 Å². The van der Waals surface area contributed by atoms with Crippen molar-refractivity contribution >= 4 is 39.5 Å². The predicted molar refractivity (Wildman–Crippen MR) is 75.2 cm³/mol. The summed E-state index contributed by atoms with van der Waals surface area (Å²) in [4.78, 5) is 17.8. The van der Waals surface area contributed by atoms with Gasteiger partial charge in [-0.15, -0.1) is 0 Å². The Morgan fingerprint density at radius 1 is 1.58 bits per heavy atom. The quantitative estimate of drug-likeness (QED) is 0.803. The molecule has 2 rings (SSSR count). The molecular weight excluding hydrogens is 288 g/mol. The van der Waals surface area contributed by atoms with Crippen LogP contribution in [0.25, 0.3) is 11.0 Å². The normalized spacial score (nSPS) is 14.5. The maximum atomic E-state index is 10.9. The number of rotatable bonds is 4. The van der Waals surface area contributed by atoms with Gasteiger partial charge in [-0.25, -0.2) is 4.98 Å². The number of hydrogen-bond donors (Lipinski definition) is 3. The van der Waals surface area contributed by atoms with Gasteiger partial charge in [-0.2, -0.15) is 0 Å². The molecule has 3 N–H and O–H groups in total. The summed E-state index contributed by atoms with van der Waals surface area (Å²) in [5.41, 5.74) is 1.03. The number of carbonyl (C=O) groups excluding carboxylic acids is 1. The number of H-pyrrole nitrogens is 1. The van der Waals surface area contributed by atoms with Crippen LogP contribution in [0, 0.1) is 0 Å². The maximum absolute atomic E-state index is 10.9. The van der Waals surface area contributed by atoms with Gasteiger partial charge in [0.25, 0.3) is 0 Å². The molecule has 0 amide bonds. The Balaban J connectivity index is 2.26. The van der Waals surface area contributed by atoms with Gasteiger partial charge in [0.05, 0.1) is 11.1 Å². The smallest absolute Gasteiger partial charge is 0.185 e. The first kappa shape index (κ1) is 14.3. The van der Waals surface area contributed by atoms with Gasteiger partial charge in [0, 0.05) is 36.0 Å². The summed E-state index contributed by atoms with van der Waals surface area (Å²) in [7, 11) is 0. The van der Waals surface area contributed by atoms with Crippen LogP contribution in [0.1, 0.15) is 18.6 Å². The third kappa shape index (κ3) is 3.09. The zero-order valence-electron chi connectivity index (χ0n) is 10.1. The molecule has 0 aliphatic heterocycles. The van der Waals surface area contributed by atoms with Crippen molar-refractivity contribution in [1.82, 2.24) is 9.97 Å². The summed E-state index contributed by atoms with van der Waals surface area (Å²) in [5, 5.41) is 21.0. The van der Waals surface area contributed by atoms with E-state index in [1.165, 1.54) is 6.92 Å². The van der Waals surface area contributed by atoms with Gasteiger partial charge in [-0.05, 0) is 6.07 Å². The molecule has 0 saturated carbocycles. The van der Waals surface area contributed by atoms with Crippen LogP contribution in [-0.4, -0.2) is 37.2 Å². The average molecular weight is 301 g/mol. The van der Waals surface area contributed by atoms with Crippen molar-refractivity contribution in [1.29, 1.82) is 0 Å². The molecule has 2 aromatic rings. The third-order valence-corrected chi connectivity index (χ3v) is 3.92. The molecule has 0 aliphatic carbocycles. The lowest BCUT2D eigenvalue weighted by Gasteiger charge is -2.16.